The third kappa shape index (κ3) is 2.44. The van der Waals surface area contributed by atoms with Crippen LogP contribution in [-0.2, 0) is 0 Å². The number of aromatic nitrogens is 3. The molecule has 24 heavy (non-hydrogen) atoms. The first-order valence-electron chi connectivity index (χ1n) is 7.13. The molecule has 0 aliphatic rings. The van der Waals surface area contributed by atoms with Crippen LogP contribution in [0, 0.1) is 4.77 Å². The number of carbonyl (C=O) groups is 1. The Morgan fingerprint density at radius 2 is 1.96 bits per heavy atom. The molecule has 5 nitrogen and oxygen atoms in total. The van der Waals surface area contributed by atoms with Gasteiger partial charge in [0.05, 0.1) is 5.69 Å². The van der Waals surface area contributed by atoms with E-state index < -0.39 is 5.97 Å². The van der Waals surface area contributed by atoms with Crippen molar-refractivity contribution >= 4 is 39.6 Å². The highest BCUT2D eigenvalue weighted by atomic mass is 32.1. The molecule has 0 spiro atoms. The number of fused-ring (bicyclic) bond motifs is 1. The number of hydrogen-bond acceptors (Lipinski definition) is 4. The number of thiophene rings is 1. The largest absolute Gasteiger partial charge is 0.477 e. The van der Waals surface area contributed by atoms with Crippen molar-refractivity contribution in [3.8, 4) is 17.1 Å². The SMILES string of the molecule is O=C(O)c1cc2ccc(-n3c(-c4ccccc4)n[nH]c3=S)cc2s1. The number of hydrogen-bond donors (Lipinski definition) is 2. The highest BCUT2D eigenvalue weighted by Crippen LogP contribution is 2.29. The van der Waals surface area contributed by atoms with E-state index in [0.717, 1.165) is 27.2 Å². The van der Waals surface area contributed by atoms with Crippen LogP contribution < -0.4 is 0 Å². The van der Waals surface area contributed by atoms with Gasteiger partial charge in [0.25, 0.3) is 0 Å². The Kier molecular flexibility index (Phi) is 3.51. The van der Waals surface area contributed by atoms with E-state index in [9.17, 15) is 4.79 Å². The van der Waals surface area contributed by atoms with E-state index in [1.54, 1.807) is 6.07 Å². The molecular weight excluding hydrogens is 342 g/mol. The van der Waals surface area contributed by atoms with Crippen molar-refractivity contribution in [2.75, 3.05) is 0 Å². The molecule has 4 aromatic rings. The second-order valence-electron chi connectivity index (χ2n) is 5.19. The number of nitrogens with one attached hydrogen (secondary N) is 1. The molecule has 0 bridgehead atoms. The minimum Gasteiger partial charge on any atom is -0.477 e. The summed E-state index contributed by atoms with van der Waals surface area (Å²) in [6.07, 6.45) is 0. The van der Waals surface area contributed by atoms with Crippen molar-refractivity contribution in [2.24, 2.45) is 0 Å². The Morgan fingerprint density at radius 3 is 2.71 bits per heavy atom. The number of rotatable bonds is 3. The van der Waals surface area contributed by atoms with E-state index in [1.165, 1.54) is 11.3 Å². The molecule has 0 atom stereocenters. The molecular formula is C17H11N3O2S2. The first kappa shape index (κ1) is 14.8. The zero-order valence-corrected chi connectivity index (χ0v) is 13.9. The molecule has 2 aromatic carbocycles. The Bertz CT molecular complexity index is 1110. The van der Waals surface area contributed by atoms with E-state index in [0.29, 0.717) is 9.65 Å². The molecule has 0 aliphatic carbocycles. The Hall–Kier alpha value is -2.77. The summed E-state index contributed by atoms with van der Waals surface area (Å²) >= 11 is 6.63. The van der Waals surface area contributed by atoms with Crippen LogP contribution in [-0.4, -0.2) is 25.8 Å². The summed E-state index contributed by atoms with van der Waals surface area (Å²) < 4.78 is 3.24. The minimum atomic E-state index is -0.914. The Balaban J connectivity index is 1.90. The van der Waals surface area contributed by atoms with Gasteiger partial charge in [-0.05, 0) is 35.8 Å². The van der Waals surface area contributed by atoms with Gasteiger partial charge in [-0.15, -0.1) is 11.3 Å². The zero-order chi connectivity index (χ0) is 16.7. The van der Waals surface area contributed by atoms with Crippen molar-refractivity contribution in [3.05, 3.63) is 64.2 Å². The van der Waals surface area contributed by atoms with Gasteiger partial charge in [-0.25, -0.2) is 4.79 Å². The van der Waals surface area contributed by atoms with Crippen molar-refractivity contribution in [1.29, 1.82) is 0 Å². The third-order valence-electron chi connectivity index (χ3n) is 3.68. The molecule has 2 N–H and O–H groups in total. The molecule has 0 fully saturated rings. The van der Waals surface area contributed by atoms with Gasteiger partial charge in [0.2, 0.25) is 0 Å². The Morgan fingerprint density at radius 1 is 1.17 bits per heavy atom. The fourth-order valence-electron chi connectivity index (χ4n) is 2.58. The third-order valence-corrected chi connectivity index (χ3v) is 5.04. The maximum Gasteiger partial charge on any atom is 0.345 e. The molecule has 0 unspecified atom stereocenters. The lowest BCUT2D eigenvalue weighted by molar-refractivity contribution is 0.0702. The molecule has 4 rings (SSSR count). The lowest BCUT2D eigenvalue weighted by Crippen LogP contribution is -1.97. The van der Waals surface area contributed by atoms with Gasteiger partial charge in [0, 0.05) is 10.3 Å². The topological polar surface area (TPSA) is 70.9 Å². The monoisotopic (exact) mass is 353 g/mol. The standard InChI is InChI=1S/C17H11N3O2S2/c21-16(22)14-8-11-6-7-12(9-13(11)24-14)20-15(18-19-17(20)23)10-4-2-1-3-5-10/h1-9H,(H,19,23)(H,21,22). The van der Waals surface area contributed by atoms with Gasteiger partial charge in [-0.1, -0.05) is 36.4 Å². The van der Waals surface area contributed by atoms with Gasteiger partial charge in [0.15, 0.2) is 10.6 Å². The predicted molar refractivity (Wildman–Crippen MR) is 96.5 cm³/mol. The van der Waals surface area contributed by atoms with Crippen molar-refractivity contribution in [3.63, 3.8) is 0 Å². The number of aromatic amines is 1. The predicted octanol–water partition coefficient (Wildman–Crippen LogP) is 4.51. The first-order valence-corrected chi connectivity index (χ1v) is 8.36. The summed E-state index contributed by atoms with van der Waals surface area (Å²) in [5, 5.41) is 17.2. The van der Waals surface area contributed by atoms with Crippen LogP contribution in [0.1, 0.15) is 9.67 Å². The summed E-state index contributed by atoms with van der Waals surface area (Å²) in [6.45, 7) is 0. The van der Waals surface area contributed by atoms with Gasteiger partial charge < -0.3 is 5.11 Å². The van der Waals surface area contributed by atoms with Crippen molar-refractivity contribution in [1.82, 2.24) is 14.8 Å². The molecule has 0 amide bonds. The maximum absolute atomic E-state index is 11.2. The number of H-pyrrole nitrogens is 1. The second kappa shape index (κ2) is 5.70. The lowest BCUT2D eigenvalue weighted by Gasteiger charge is -2.07. The molecule has 0 saturated heterocycles. The molecule has 2 heterocycles. The van der Waals surface area contributed by atoms with E-state index >= 15 is 0 Å². The van der Waals surface area contributed by atoms with Crippen LogP contribution in [0.4, 0.5) is 0 Å². The number of benzene rings is 2. The summed E-state index contributed by atoms with van der Waals surface area (Å²) in [5.41, 5.74) is 1.79. The smallest absolute Gasteiger partial charge is 0.345 e. The van der Waals surface area contributed by atoms with Crippen LogP contribution >= 0.6 is 23.6 Å². The molecule has 0 radical (unpaired) electrons. The molecule has 0 aliphatic heterocycles. The summed E-state index contributed by atoms with van der Waals surface area (Å²) in [7, 11) is 0. The van der Waals surface area contributed by atoms with Crippen LogP contribution in [0.2, 0.25) is 0 Å². The highest BCUT2D eigenvalue weighted by Gasteiger charge is 2.13. The summed E-state index contributed by atoms with van der Waals surface area (Å²) in [5.74, 6) is -0.197. The van der Waals surface area contributed by atoms with Gasteiger partial charge >= 0.3 is 5.97 Å². The molecule has 0 saturated carbocycles. The number of carboxylic acids is 1. The van der Waals surface area contributed by atoms with Gasteiger partial charge in [-0.2, -0.15) is 5.10 Å². The normalized spacial score (nSPS) is 11.0. The average Bonchev–Trinajstić information content (AvgIpc) is 3.18. The van der Waals surface area contributed by atoms with E-state index in [4.69, 9.17) is 17.3 Å². The number of nitrogens with zero attached hydrogens (tertiary/aromatic N) is 2. The maximum atomic E-state index is 11.2. The fourth-order valence-corrected chi connectivity index (χ4v) is 3.75. The van der Waals surface area contributed by atoms with E-state index in [-0.39, 0.29) is 0 Å². The lowest BCUT2D eigenvalue weighted by atomic mass is 10.2. The van der Waals surface area contributed by atoms with Crippen LogP contribution in [0.3, 0.4) is 0 Å². The zero-order valence-electron chi connectivity index (χ0n) is 12.3. The molecule has 7 heteroatoms. The van der Waals surface area contributed by atoms with Crippen molar-refractivity contribution in [2.45, 2.75) is 0 Å². The quantitative estimate of drug-likeness (QED) is 0.532. The van der Waals surface area contributed by atoms with Gasteiger partial charge in [0.1, 0.15) is 4.88 Å². The van der Waals surface area contributed by atoms with Crippen LogP contribution in [0.25, 0.3) is 27.2 Å². The van der Waals surface area contributed by atoms with E-state index in [2.05, 4.69) is 10.2 Å². The number of aromatic carboxylic acids is 1. The Labute approximate surface area is 145 Å². The van der Waals surface area contributed by atoms with E-state index in [1.807, 2.05) is 53.1 Å². The van der Waals surface area contributed by atoms with Gasteiger partial charge in [-0.3, -0.25) is 9.67 Å². The average molecular weight is 353 g/mol. The van der Waals surface area contributed by atoms with Crippen LogP contribution in [0.5, 0.6) is 0 Å². The summed E-state index contributed by atoms with van der Waals surface area (Å²) in [6, 6.07) is 17.2. The summed E-state index contributed by atoms with van der Waals surface area (Å²) in [4.78, 5) is 11.5. The molecule has 2 aromatic heterocycles. The van der Waals surface area contributed by atoms with Crippen molar-refractivity contribution < 1.29 is 9.90 Å². The first-order chi connectivity index (χ1) is 11.6. The molecule has 118 valence electrons. The minimum absolute atomic E-state index is 0.321. The number of carboxylic acid groups (broad SMARTS) is 1. The fraction of sp³-hybridized carbons (Fsp3) is 0. The van der Waals surface area contributed by atoms with Crippen LogP contribution in [0.15, 0.2) is 54.6 Å². The second-order valence-corrected chi connectivity index (χ2v) is 6.66. The highest BCUT2D eigenvalue weighted by molar-refractivity contribution is 7.71.